The molecule has 2 atom stereocenters. The maximum absolute atomic E-state index is 5.91. The van der Waals surface area contributed by atoms with Gasteiger partial charge in [-0.05, 0) is 42.4 Å². The van der Waals surface area contributed by atoms with E-state index in [1.165, 1.54) is 19.3 Å². The summed E-state index contributed by atoms with van der Waals surface area (Å²) in [5, 5.41) is 0. The van der Waals surface area contributed by atoms with Crippen LogP contribution in [-0.2, 0) is 0 Å². The summed E-state index contributed by atoms with van der Waals surface area (Å²) >= 11 is 5.91. The lowest BCUT2D eigenvalue weighted by molar-refractivity contribution is 0.543. The molecule has 0 aromatic carbocycles. The third-order valence-electron chi connectivity index (χ3n) is 3.95. The molecule has 9 heavy (non-hydrogen) atoms. The topological polar surface area (TPSA) is 0 Å². The summed E-state index contributed by atoms with van der Waals surface area (Å²) in [4.78, 5) is 0. The molecule has 4 rings (SSSR count). The molecular weight excluding hydrogens is 132 g/mol. The smallest absolute Gasteiger partial charge is 0.0285 e. The van der Waals surface area contributed by atoms with Gasteiger partial charge in [0.05, 0.1) is 0 Å². The quantitative estimate of drug-likeness (QED) is 0.493. The molecule has 0 amide bonds. The molecule has 0 aromatic heterocycles. The first kappa shape index (κ1) is 5.01. The largest absolute Gasteiger partial charge is 0.126 e. The number of rotatable bonds is 1. The summed E-state index contributed by atoms with van der Waals surface area (Å²) in [5.74, 6) is 4.22. The third-order valence-corrected chi connectivity index (χ3v) is 4.44. The zero-order valence-corrected chi connectivity index (χ0v) is 6.19. The monoisotopic (exact) mass is 142 g/mol. The second-order valence-electron chi connectivity index (χ2n) is 4.12. The standard InChI is InChI=1S/C8H11Cl/c9-4-8-3-5-1-6(8)7(8)2-5/h5-7H,1-4H2. The van der Waals surface area contributed by atoms with Crippen molar-refractivity contribution in [2.45, 2.75) is 19.3 Å². The minimum Gasteiger partial charge on any atom is -0.126 e. The van der Waals surface area contributed by atoms with Gasteiger partial charge >= 0.3 is 0 Å². The van der Waals surface area contributed by atoms with Gasteiger partial charge in [0, 0.05) is 5.88 Å². The van der Waals surface area contributed by atoms with Crippen LogP contribution in [0.4, 0.5) is 0 Å². The Morgan fingerprint density at radius 3 is 2.22 bits per heavy atom. The summed E-state index contributed by atoms with van der Waals surface area (Å²) in [6, 6.07) is 0. The Morgan fingerprint density at radius 1 is 1.33 bits per heavy atom. The fourth-order valence-corrected chi connectivity index (χ4v) is 4.05. The van der Waals surface area contributed by atoms with Crippen molar-refractivity contribution in [3.05, 3.63) is 0 Å². The molecule has 1 heteroatoms. The van der Waals surface area contributed by atoms with Crippen LogP contribution in [0.25, 0.3) is 0 Å². The van der Waals surface area contributed by atoms with E-state index in [0.717, 1.165) is 23.6 Å². The van der Waals surface area contributed by atoms with Crippen LogP contribution in [0.1, 0.15) is 19.3 Å². The molecule has 0 aliphatic heterocycles. The Balaban J connectivity index is 2.02. The first-order chi connectivity index (χ1) is 4.37. The second kappa shape index (κ2) is 1.18. The minimum atomic E-state index is 0.701. The van der Waals surface area contributed by atoms with Crippen molar-refractivity contribution in [2.24, 2.45) is 23.2 Å². The van der Waals surface area contributed by atoms with Crippen molar-refractivity contribution in [1.29, 1.82) is 0 Å². The molecule has 0 spiro atoms. The van der Waals surface area contributed by atoms with Crippen LogP contribution in [0.15, 0.2) is 0 Å². The van der Waals surface area contributed by atoms with E-state index >= 15 is 0 Å². The van der Waals surface area contributed by atoms with Crippen LogP contribution in [0.3, 0.4) is 0 Å². The average molecular weight is 143 g/mol. The van der Waals surface area contributed by atoms with Gasteiger partial charge in [-0.25, -0.2) is 0 Å². The first-order valence-corrected chi connectivity index (χ1v) is 4.46. The highest BCUT2D eigenvalue weighted by atomic mass is 35.5. The molecule has 4 bridgehead atoms. The van der Waals surface area contributed by atoms with Gasteiger partial charge in [-0.3, -0.25) is 0 Å². The summed E-state index contributed by atoms with van der Waals surface area (Å²) in [6.45, 7) is 0. The average Bonchev–Trinajstić information content (AvgIpc) is 2.44. The molecular formula is C8H11Cl. The lowest BCUT2D eigenvalue weighted by atomic mass is 10.1. The minimum absolute atomic E-state index is 0.701. The van der Waals surface area contributed by atoms with Crippen LogP contribution >= 0.6 is 11.6 Å². The molecule has 0 N–H and O–H groups in total. The molecule has 0 heterocycles. The fraction of sp³-hybridized carbons (Fsp3) is 1.00. The van der Waals surface area contributed by atoms with Gasteiger partial charge in [0.15, 0.2) is 0 Å². The summed E-state index contributed by atoms with van der Waals surface area (Å²) in [6.07, 6.45) is 4.53. The number of hydrogen-bond donors (Lipinski definition) is 0. The molecule has 4 aliphatic rings. The number of alkyl halides is 1. The molecule has 0 nitrogen and oxygen atoms in total. The Labute approximate surface area is 60.6 Å². The normalized spacial score (nSPS) is 67.0. The molecule has 4 fully saturated rings. The summed E-state index contributed by atoms with van der Waals surface area (Å²) < 4.78 is 0. The van der Waals surface area contributed by atoms with Crippen LogP contribution in [0, 0.1) is 23.2 Å². The van der Waals surface area contributed by atoms with Gasteiger partial charge < -0.3 is 0 Å². The molecule has 2 unspecified atom stereocenters. The number of halogens is 1. The van der Waals surface area contributed by atoms with Crippen molar-refractivity contribution in [2.75, 3.05) is 5.88 Å². The zero-order chi connectivity index (χ0) is 6.06. The van der Waals surface area contributed by atoms with E-state index in [1.54, 1.807) is 0 Å². The van der Waals surface area contributed by atoms with E-state index in [1.807, 2.05) is 0 Å². The highest BCUT2D eigenvalue weighted by Crippen LogP contribution is 2.79. The van der Waals surface area contributed by atoms with E-state index in [9.17, 15) is 0 Å². The van der Waals surface area contributed by atoms with Crippen molar-refractivity contribution >= 4 is 11.6 Å². The fourth-order valence-electron chi connectivity index (χ4n) is 3.54. The van der Waals surface area contributed by atoms with Crippen molar-refractivity contribution in [3.8, 4) is 0 Å². The SMILES string of the molecule is ClCC12CC3CC1C2C3. The van der Waals surface area contributed by atoms with Gasteiger partial charge in [-0.15, -0.1) is 11.6 Å². The molecule has 0 saturated heterocycles. The summed E-state index contributed by atoms with van der Waals surface area (Å²) in [5.41, 5.74) is 0.701. The van der Waals surface area contributed by atoms with Crippen molar-refractivity contribution in [1.82, 2.24) is 0 Å². The van der Waals surface area contributed by atoms with Gasteiger partial charge in [0.2, 0.25) is 0 Å². The first-order valence-electron chi connectivity index (χ1n) is 3.93. The zero-order valence-electron chi connectivity index (χ0n) is 5.44. The molecule has 4 aliphatic carbocycles. The van der Waals surface area contributed by atoms with E-state index in [2.05, 4.69) is 0 Å². The third kappa shape index (κ3) is 0.357. The highest BCUT2D eigenvalue weighted by molar-refractivity contribution is 6.18. The maximum Gasteiger partial charge on any atom is 0.0285 e. The van der Waals surface area contributed by atoms with Gasteiger partial charge in [0.25, 0.3) is 0 Å². The molecule has 4 saturated carbocycles. The van der Waals surface area contributed by atoms with Crippen molar-refractivity contribution < 1.29 is 0 Å². The highest BCUT2D eigenvalue weighted by Gasteiger charge is 2.73. The Hall–Kier alpha value is 0.290. The molecule has 50 valence electrons. The van der Waals surface area contributed by atoms with E-state index < -0.39 is 0 Å². The second-order valence-corrected chi connectivity index (χ2v) is 4.39. The molecule has 0 aromatic rings. The van der Waals surface area contributed by atoms with Crippen LogP contribution in [-0.4, -0.2) is 5.88 Å². The van der Waals surface area contributed by atoms with Crippen LogP contribution < -0.4 is 0 Å². The Bertz CT molecular complexity index is 152. The number of hydrogen-bond acceptors (Lipinski definition) is 0. The van der Waals surface area contributed by atoms with Crippen LogP contribution in [0.5, 0.6) is 0 Å². The van der Waals surface area contributed by atoms with Gasteiger partial charge in [-0.1, -0.05) is 0 Å². The van der Waals surface area contributed by atoms with Crippen molar-refractivity contribution in [3.63, 3.8) is 0 Å². The van der Waals surface area contributed by atoms with E-state index in [0.29, 0.717) is 5.41 Å². The van der Waals surface area contributed by atoms with Crippen LogP contribution in [0.2, 0.25) is 0 Å². The van der Waals surface area contributed by atoms with Gasteiger partial charge in [0.1, 0.15) is 0 Å². The molecule has 0 radical (unpaired) electrons. The Morgan fingerprint density at radius 2 is 2.00 bits per heavy atom. The summed E-state index contributed by atoms with van der Waals surface area (Å²) in [7, 11) is 0. The lowest BCUT2D eigenvalue weighted by Crippen LogP contribution is -1.99. The van der Waals surface area contributed by atoms with E-state index in [4.69, 9.17) is 11.6 Å². The predicted octanol–water partition coefficient (Wildman–Crippen LogP) is 2.27. The van der Waals surface area contributed by atoms with E-state index in [-0.39, 0.29) is 0 Å². The van der Waals surface area contributed by atoms with Gasteiger partial charge in [-0.2, -0.15) is 0 Å². The predicted molar refractivity (Wildman–Crippen MR) is 37.5 cm³/mol. The lowest BCUT2D eigenvalue weighted by Gasteiger charge is -2.02. The Kier molecular flexibility index (Phi) is 0.659. The maximum atomic E-state index is 5.91.